The highest BCUT2D eigenvalue weighted by molar-refractivity contribution is 5.89. The lowest BCUT2D eigenvalue weighted by molar-refractivity contribution is 0.0696. The number of nitrogens with one attached hydrogen (secondary N) is 1. The van der Waals surface area contributed by atoms with Crippen molar-refractivity contribution in [3.63, 3.8) is 0 Å². The van der Waals surface area contributed by atoms with Gasteiger partial charge in [0.1, 0.15) is 5.82 Å². The molecule has 2 aromatic heterocycles. The predicted octanol–water partition coefficient (Wildman–Crippen LogP) is 5.43. The van der Waals surface area contributed by atoms with Crippen LogP contribution in [0.25, 0.3) is 10.9 Å². The molecule has 0 aliphatic carbocycles. The number of benzene rings is 2. The Morgan fingerprint density at radius 1 is 1.06 bits per heavy atom. The summed E-state index contributed by atoms with van der Waals surface area (Å²) in [6, 6.07) is 14.5. The fourth-order valence-corrected chi connectivity index (χ4v) is 3.47. The average molecular weight is 429 g/mol. The van der Waals surface area contributed by atoms with Crippen LogP contribution in [0.1, 0.15) is 32.8 Å². The van der Waals surface area contributed by atoms with Crippen molar-refractivity contribution in [2.75, 3.05) is 12.5 Å². The molecule has 32 heavy (non-hydrogen) atoms. The van der Waals surface area contributed by atoms with Gasteiger partial charge in [-0.3, -0.25) is 5.43 Å². The first-order chi connectivity index (χ1) is 15.4. The molecule has 0 saturated heterocycles. The number of rotatable bonds is 6. The van der Waals surface area contributed by atoms with Gasteiger partial charge in [-0.25, -0.2) is 9.78 Å². The van der Waals surface area contributed by atoms with E-state index in [0.717, 1.165) is 27.6 Å². The summed E-state index contributed by atoms with van der Waals surface area (Å²) in [6.45, 7) is 6.20. The van der Waals surface area contributed by atoms with E-state index in [1.54, 1.807) is 30.5 Å². The summed E-state index contributed by atoms with van der Waals surface area (Å²) >= 11 is 0. The van der Waals surface area contributed by atoms with E-state index in [0.29, 0.717) is 11.6 Å². The van der Waals surface area contributed by atoms with Crippen LogP contribution in [0.2, 0.25) is 0 Å². The highest BCUT2D eigenvalue weighted by Crippen LogP contribution is 2.29. The van der Waals surface area contributed by atoms with Crippen LogP contribution in [0.4, 0.5) is 5.82 Å². The second-order valence-corrected chi connectivity index (χ2v) is 7.45. The van der Waals surface area contributed by atoms with Gasteiger partial charge in [-0.15, -0.1) is 0 Å². The van der Waals surface area contributed by atoms with E-state index in [2.05, 4.69) is 43.4 Å². The van der Waals surface area contributed by atoms with Gasteiger partial charge in [0.05, 0.1) is 25.1 Å². The van der Waals surface area contributed by atoms with E-state index in [1.807, 2.05) is 6.07 Å². The molecule has 7 heteroatoms. The number of ether oxygens (including phenoxy) is 2. The smallest absolute Gasteiger partial charge is 0.379 e. The number of furan rings is 1. The van der Waals surface area contributed by atoms with Crippen molar-refractivity contribution >= 4 is 28.9 Å². The molecular formula is C25H23N3O4. The fraction of sp³-hybridized carbons (Fsp3) is 0.160. The Hall–Kier alpha value is -4.13. The molecule has 0 aliphatic heterocycles. The first kappa shape index (κ1) is 21.1. The molecule has 162 valence electrons. The van der Waals surface area contributed by atoms with Crippen LogP contribution in [0, 0.1) is 20.8 Å². The van der Waals surface area contributed by atoms with Gasteiger partial charge in [0.2, 0.25) is 5.76 Å². The van der Waals surface area contributed by atoms with Gasteiger partial charge in [-0.1, -0.05) is 11.6 Å². The number of aryl methyl sites for hydroxylation is 3. The Bertz CT molecular complexity index is 1310. The van der Waals surface area contributed by atoms with Gasteiger partial charge < -0.3 is 13.9 Å². The minimum absolute atomic E-state index is 0.116. The Morgan fingerprint density at radius 3 is 2.66 bits per heavy atom. The third-order valence-electron chi connectivity index (χ3n) is 4.96. The molecule has 0 fully saturated rings. The zero-order valence-electron chi connectivity index (χ0n) is 18.3. The third kappa shape index (κ3) is 4.46. The number of anilines is 1. The quantitative estimate of drug-likeness (QED) is 0.190. The monoisotopic (exact) mass is 429 g/mol. The molecule has 1 N–H and O–H groups in total. The molecule has 0 saturated carbocycles. The number of esters is 1. The second kappa shape index (κ2) is 8.93. The number of carbonyl (C=O) groups is 1. The molecule has 7 nitrogen and oxygen atoms in total. The highest BCUT2D eigenvalue weighted by atomic mass is 16.6. The summed E-state index contributed by atoms with van der Waals surface area (Å²) in [5.74, 6) is 0.871. The molecule has 0 unspecified atom stereocenters. The molecule has 0 amide bonds. The van der Waals surface area contributed by atoms with E-state index in [1.165, 1.54) is 25.0 Å². The van der Waals surface area contributed by atoms with Gasteiger partial charge in [-0.05, 0) is 79.9 Å². The minimum atomic E-state index is -0.598. The van der Waals surface area contributed by atoms with Crippen molar-refractivity contribution in [1.82, 2.24) is 4.98 Å². The second-order valence-electron chi connectivity index (χ2n) is 7.45. The van der Waals surface area contributed by atoms with E-state index in [9.17, 15) is 4.79 Å². The molecule has 2 aromatic carbocycles. The molecule has 0 bridgehead atoms. The van der Waals surface area contributed by atoms with E-state index in [4.69, 9.17) is 18.9 Å². The first-order valence-corrected chi connectivity index (χ1v) is 10.1. The number of hydrogen-bond donors (Lipinski definition) is 1. The maximum absolute atomic E-state index is 12.1. The summed E-state index contributed by atoms with van der Waals surface area (Å²) in [7, 11) is 1.50. The molecule has 0 radical (unpaired) electrons. The maximum Gasteiger partial charge on any atom is 0.379 e. The van der Waals surface area contributed by atoms with Gasteiger partial charge >= 0.3 is 5.97 Å². The number of nitrogens with zero attached hydrogens (tertiary/aromatic N) is 2. The molecule has 2 heterocycles. The largest absolute Gasteiger partial charge is 0.493 e. The Balaban J connectivity index is 1.50. The van der Waals surface area contributed by atoms with Crippen LogP contribution in [0.3, 0.4) is 0 Å². The van der Waals surface area contributed by atoms with Gasteiger partial charge in [0.15, 0.2) is 11.5 Å². The summed E-state index contributed by atoms with van der Waals surface area (Å²) < 4.78 is 15.8. The SMILES string of the molecule is COc1cc(C=NNc2cc(C)c3cc(C)cc(C)c3n2)ccc1OC(=O)c1ccco1. The van der Waals surface area contributed by atoms with E-state index >= 15 is 0 Å². The fourth-order valence-electron chi connectivity index (χ4n) is 3.47. The van der Waals surface area contributed by atoms with Gasteiger partial charge in [-0.2, -0.15) is 5.10 Å². The van der Waals surface area contributed by atoms with Gasteiger partial charge in [0, 0.05) is 5.39 Å². The Kier molecular flexibility index (Phi) is 5.89. The van der Waals surface area contributed by atoms with Crippen molar-refractivity contribution in [1.29, 1.82) is 0 Å². The van der Waals surface area contributed by atoms with Crippen molar-refractivity contribution in [3.8, 4) is 11.5 Å². The third-order valence-corrected chi connectivity index (χ3v) is 4.96. The zero-order valence-corrected chi connectivity index (χ0v) is 18.3. The number of pyridine rings is 1. The number of hydrazone groups is 1. The standard InChI is InChI=1S/C25H23N3O4/c1-15-10-17(3)24-19(11-15)16(2)12-23(27-24)28-26-14-18-7-8-20(22(13-18)30-4)32-25(29)21-6-5-9-31-21/h5-14H,1-4H3,(H,27,28). The van der Waals surface area contributed by atoms with Crippen molar-refractivity contribution in [2.24, 2.45) is 5.10 Å². The molecule has 0 spiro atoms. The molecule has 4 rings (SSSR count). The Labute approximate surface area is 185 Å². The minimum Gasteiger partial charge on any atom is -0.493 e. The summed E-state index contributed by atoms with van der Waals surface area (Å²) in [5, 5.41) is 5.44. The van der Waals surface area contributed by atoms with Crippen molar-refractivity contribution in [3.05, 3.63) is 82.8 Å². The summed E-state index contributed by atoms with van der Waals surface area (Å²) in [4.78, 5) is 16.8. The highest BCUT2D eigenvalue weighted by Gasteiger charge is 2.15. The molecule has 4 aromatic rings. The summed E-state index contributed by atoms with van der Waals surface area (Å²) in [6.07, 6.45) is 3.05. The maximum atomic E-state index is 12.1. The van der Waals surface area contributed by atoms with E-state index < -0.39 is 5.97 Å². The number of hydrogen-bond acceptors (Lipinski definition) is 7. The molecular weight excluding hydrogens is 406 g/mol. The normalized spacial score (nSPS) is 11.1. The predicted molar refractivity (Wildman–Crippen MR) is 124 cm³/mol. The van der Waals surface area contributed by atoms with Crippen LogP contribution < -0.4 is 14.9 Å². The van der Waals surface area contributed by atoms with Crippen molar-refractivity contribution < 1.29 is 18.7 Å². The average Bonchev–Trinajstić information content (AvgIpc) is 3.31. The van der Waals surface area contributed by atoms with Crippen LogP contribution in [0.15, 0.2) is 64.3 Å². The lowest BCUT2D eigenvalue weighted by Gasteiger charge is -2.10. The zero-order chi connectivity index (χ0) is 22.7. The van der Waals surface area contributed by atoms with Gasteiger partial charge in [0.25, 0.3) is 0 Å². The number of methoxy groups -OCH3 is 1. The van der Waals surface area contributed by atoms with Crippen LogP contribution >= 0.6 is 0 Å². The van der Waals surface area contributed by atoms with Crippen molar-refractivity contribution in [2.45, 2.75) is 20.8 Å². The first-order valence-electron chi connectivity index (χ1n) is 10.1. The van der Waals surface area contributed by atoms with Crippen LogP contribution in [-0.2, 0) is 0 Å². The molecule has 0 aliphatic rings. The number of carbonyl (C=O) groups excluding carboxylic acids is 1. The number of aromatic nitrogens is 1. The number of fused-ring (bicyclic) bond motifs is 1. The molecule has 0 atom stereocenters. The van der Waals surface area contributed by atoms with Crippen LogP contribution in [-0.4, -0.2) is 24.3 Å². The Morgan fingerprint density at radius 2 is 1.91 bits per heavy atom. The topological polar surface area (TPSA) is 86.0 Å². The van der Waals surface area contributed by atoms with E-state index in [-0.39, 0.29) is 11.5 Å². The summed E-state index contributed by atoms with van der Waals surface area (Å²) in [5.41, 5.74) is 8.17. The van der Waals surface area contributed by atoms with Crippen LogP contribution in [0.5, 0.6) is 11.5 Å². The lowest BCUT2D eigenvalue weighted by Crippen LogP contribution is -2.08. The lowest BCUT2D eigenvalue weighted by atomic mass is 10.0.